The van der Waals surface area contributed by atoms with Gasteiger partial charge in [0.25, 0.3) is 0 Å². The SMILES string of the molecule is CCCCN(CC)C(c1ccccc1F)C(N)CC. The van der Waals surface area contributed by atoms with E-state index in [1.54, 1.807) is 6.07 Å². The third-order valence-corrected chi connectivity index (χ3v) is 3.70. The molecule has 0 aliphatic carbocycles. The van der Waals surface area contributed by atoms with Crippen LogP contribution in [0.5, 0.6) is 0 Å². The largest absolute Gasteiger partial charge is 0.326 e. The lowest BCUT2D eigenvalue weighted by molar-refractivity contribution is 0.171. The zero-order valence-corrected chi connectivity index (χ0v) is 12.4. The molecular formula is C16H27FN2. The molecular weight excluding hydrogens is 239 g/mol. The molecule has 0 aliphatic heterocycles. The lowest BCUT2D eigenvalue weighted by atomic mass is 9.95. The number of nitrogens with two attached hydrogens (primary N) is 1. The van der Waals surface area contributed by atoms with E-state index >= 15 is 0 Å². The molecule has 0 heterocycles. The molecule has 2 N–H and O–H groups in total. The first-order chi connectivity index (χ1) is 9.15. The molecule has 1 aromatic rings. The molecule has 0 fully saturated rings. The van der Waals surface area contributed by atoms with Crippen molar-refractivity contribution in [2.45, 2.75) is 52.1 Å². The van der Waals surface area contributed by atoms with Crippen LogP contribution >= 0.6 is 0 Å². The van der Waals surface area contributed by atoms with E-state index < -0.39 is 0 Å². The summed E-state index contributed by atoms with van der Waals surface area (Å²) in [6.45, 7) is 8.22. The Morgan fingerprint density at radius 3 is 2.42 bits per heavy atom. The fourth-order valence-electron chi connectivity index (χ4n) is 2.49. The van der Waals surface area contributed by atoms with Gasteiger partial charge < -0.3 is 5.73 Å². The number of halogens is 1. The Balaban J connectivity index is 3.03. The first-order valence-electron chi connectivity index (χ1n) is 7.39. The Morgan fingerprint density at radius 2 is 1.89 bits per heavy atom. The van der Waals surface area contributed by atoms with E-state index in [-0.39, 0.29) is 17.9 Å². The second-order valence-electron chi connectivity index (χ2n) is 5.02. The van der Waals surface area contributed by atoms with Crippen LogP contribution in [0.4, 0.5) is 4.39 Å². The monoisotopic (exact) mass is 266 g/mol. The summed E-state index contributed by atoms with van der Waals surface area (Å²) in [5.74, 6) is -0.147. The summed E-state index contributed by atoms with van der Waals surface area (Å²) in [4.78, 5) is 2.30. The molecule has 0 aromatic heterocycles. The van der Waals surface area contributed by atoms with Gasteiger partial charge in [0, 0.05) is 11.6 Å². The summed E-state index contributed by atoms with van der Waals surface area (Å²) >= 11 is 0. The summed E-state index contributed by atoms with van der Waals surface area (Å²) in [7, 11) is 0. The second-order valence-corrected chi connectivity index (χ2v) is 5.02. The van der Waals surface area contributed by atoms with Crippen molar-refractivity contribution in [2.24, 2.45) is 5.73 Å². The quantitative estimate of drug-likeness (QED) is 0.777. The van der Waals surface area contributed by atoms with Gasteiger partial charge in [0.05, 0.1) is 6.04 Å². The van der Waals surface area contributed by atoms with Gasteiger partial charge in [0.15, 0.2) is 0 Å². The van der Waals surface area contributed by atoms with Gasteiger partial charge >= 0.3 is 0 Å². The van der Waals surface area contributed by atoms with E-state index in [0.717, 1.165) is 37.9 Å². The van der Waals surface area contributed by atoms with Crippen LogP contribution in [0.25, 0.3) is 0 Å². The fraction of sp³-hybridized carbons (Fsp3) is 0.625. The number of rotatable bonds is 8. The summed E-state index contributed by atoms with van der Waals surface area (Å²) in [5.41, 5.74) is 6.99. The van der Waals surface area contributed by atoms with Crippen molar-refractivity contribution in [2.75, 3.05) is 13.1 Å². The number of benzene rings is 1. The normalized spacial score (nSPS) is 14.6. The highest BCUT2D eigenvalue weighted by Crippen LogP contribution is 2.27. The molecule has 2 nitrogen and oxygen atoms in total. The molecule has 2 atom stereocenters. The van der Waals surface area contributed by atoms with E-state index in [1.807, 2.05) is 12.1 Å². The van der Waals surface area contributed by atoms with Gasteiger partial charge in [-0.25, -0.2) is 4.39 Å². The maximum Gasteiger partial charge on any atom is 0.128 e. The van der Waals surface area contributed by atoms with E-state index in [4.69, 9.17) is 5.73 Å². The van der Waals surface area contributed by atoms with Crippen molar-refractivity contribution >= 4 is 0 Å². The number of nitrogens with zero attached hydrogens (tertiary/aromatic N) is 1. The van der Waals surface area contributed by atoms with Gasteiger partial charge in [-0.2, -0.15) is 0 Å². The number of likely N-dealkylation sites (N-methyl/N-ethyl adjacent to an activating group) is 1. The molecule has 0 aliphatic rings. The minimum absolute atomic E-state index is 0.0252. The Morgan fingerprint density at radius 1 is 1.21 bits per heavy atom. The highest BCUT2D eigenvalue weighted by atomic mass is 19.1. The van der Waals surface area contributed by atoms with E-state index in [2.05, 4.69) is 25.7 Å². The zero-order valence-electron chi connectivity index (χ0n) is 12.4. The predicted molar refractivity (Wildman–Crippen MR) is 79.6 cm³/mol. The second kappa shape index (κ2) is 8.28. The standard InChI is InChI=1S/C16H27FN2/c1-4-7-12-19(6-3)16(15(18)5-2)13-10-8-9-11-14(13)17/h8-11,15-16H,4-7,12,18H2,1-3H3. The first-order valence-corrected chi connectivity index (χ1v) is 7.39. The summed E-state index contributed by atoms with van der Waals surface area (Å²) in [6.07, 6.45) is 3.11. The summed E-state index contributed by atoms with van der Waals surface area (Å²) in [5, 5.41) is 0. The van der Waals surface area contributed by atoms with Crippen molar-refractivity contribution in [3.8, 4) is 0 Å². The lowest BCUT2D eigenvalue weighted by Gasteiger charge is -2.35. The van der Waals surface area contributed by atoms with Crippen LogP contribution in [0.15, 0.2) is 24.3 Å². The average molecular weight is 266 g/mol. The van der Waals surface area contributed by atoms with Crippen LogP contribution in [-0.2, 0) is 0 Å². The van der Waals surface area contributed by atoms with Gasteiger partial charge in [-0.3, -0.25) is 4.90 Å². The molecule has 19 heavy (non-hydrogen) atoms. The molecule has 108 valence electrons. The third kappa shape index (κ3) is 4.29. The van der Waals surface area contributed by atoms with Crippen LogP contribution in [0.3, 0.4) is 0 Å². The predicted octanol–water partition coefficient (Wildman–Crippen LogP) is 3.73. The third-order valence-electron chi connectivity index (χ3n) is 3.70. The Labute approximate surface area is 116 Å². The molecule has 0 amide bonds. The number of hydrogen-bond acceptors (Lipinski definition) is 2. The Hall–Kier alpha value is -0.930. The van der Waals surface area contributed by atoms with Crippen molar-refractivity contribution < 1.29 is 4.39 Å². The van der Waals surface area contributed by atoms with Crippen molar-refractivity contribution in [1.82, 2.24) is 4.90 Å². The highest BCUT2D eigenvalue weighted by molar-refractivity contribution is 5.23. The maximum atomic E-state index is 14.1. The van der Waals surface area contributed by atoms with Gasteiger partial charge in [-0.15, -0.1) is 0 Å². The molecule has 0 spiro atoms. The Kier molecular flexibility index (Phi) is 7.03. The van der Waals surface area contributed by atoms with Gasteiger partial charge in [-0.1, -0.05) is 45.4 Å². The van der Waals surface area contributed by atoms with Gasteiger partial charge in [-0.05, 0) is 32.0 Å². The van der Waals surface area contributed by atoms with Crippen LogP contribution in [0.1, 0.15) is 51.6 Å². The molecule has 0 bridgehead atoms. The van der Waals surface area contributed by atoms with E-state index in [0.29, 0.717) is 0 Å². The van der Waals surface area contributed by atoms with E-state index in [1.165, 1.54) is 6.07 Å². The fourth-order valence-corrected chi connectivity index (χ4v) is 2.49. The maximum absolute atomic E-state index is 14.1. The molecule has 1 rings (SSSR count). The van der Waals surface area contributed by atoms with Crippen LogP contribution < -0.4 is 5.73 Å². The topological polar surface area (TPSA) is 29.3 Å². The average Bonchev–Trinajstić information content (AvgIpc) is 2.44. The molecule has 1 aromatic carbocycles. The smallest absolute Gasteiger partial charge is 0.128 e. The van der Waals surface area contributed by atoms with Crippen molar-refractivity contribution in [3.63, 3.8) is 0 Å². The van der Waals surface area contributed by atoms with Crippen LogP contribution in [0, 0.1) is 5.82 Å². The molecule has 3 heteroatoms. The minimum Gasteiger partial charge on any atom is -0.326 e. The first kappa shape index (κ1) is 16.1. The van der Waals surface area contributed by atoms with E-state index in [9.17, 15) is 4.39 Å². The van der Waals surface area contributed by atoms with Crippen LogP contribution in [0.2, 0.25) is 0 Å². The lowest BCUT2D eigenvalue weighted by Crippen LogP contribution is -2.41. The van der Waals surface area contributed by atoms with Gasteiger partial charge in [0.2, 0.25) is 0 Å². The summed E-state index contributed by atoms with van der Waals surface area (Å²) < 4.78 is 14.1. The Bertz CT molecular complexity index is 368. The van der Waals surface area contributed by atoms with Gasteiger partial charge in [0.1, 0.15) is 5.82 Å². The molecule has 0 saturated carbocycles. The summed E-state index contributed by atoms with van der Waals surface area (Å²) in [6, 6.07) is 6.95. The number of unbranched alkanes of at least 4 members (excludes halogenated alkanes) is 1. The molecule has 2 unspecified atom stereocenters. The van der Waals surface area contributed by atoms with Crippen molar-refractivity contribution in [3.05, 3.63) is 35.6 Å². The minimum atomic E-state index is -0.147. The van der Waals surface area contributed by atoms with Crippen molar-refractivity contribution in [1.29, 1.82) is 0 Å². The molecule has 0 radical (unpaired) electrons. The molecule has 0 saturated heterocycles. The highest BCUT2D eigenvalue weighted by Gasteiger charge is 2.26. The number of hydrogen-bond donors (Lipinski definition) is 1. The zero-order chi connectivity index (χ0) is 14.3. The van der Waals surface area contributed by atoms with Crippen LogP contribution in [-0.4, -0.2) is 24.0 Å².